The number of aryl methyl sites for hydroxylation is 1. The van der Waals surface area contributed by atoms with Crippen molar-refractivity contribution in [3.8, 4) is 5.75 Å². The Morgan fingerprint density at radius 3 is 2.87 bits per heavy atom. The maximum absolute atomic E-state index is 6.21. The van der Waals surface area contributed by atoms with Crippen molar-refractivity contribution in [3.05, 3.63) is 29.3 Å². The molecule has 0 saturated carbocycles. The zero-order valence-electron chi connectivity index (χ0n) is 18.8. The van der Waals surface area contributed by atoms with E-state index in [1.54, 1.807) is 0 Å². The molecule has 170 valence electrons. The Morgan fingerprint density at radius 2 is 2.13 bits per heavy atom. The van der Waals surface area contributed by atoms with Crippen molar-refractivity contribution < 1.29 is 9.47 Å². The quantitative estimate of drug-likeness (QED) is 0.291. The van der Waals surface area contributed by atoms with Gasteiger partial charge in [0.2, 0.25) is 0 Å². The van der Waals surface area contributed by atoms with Crippen molar-refractivity contribution in [2.75, 3.05) is 45.9 Å². The largest absolute Gasteiger partial charge is 0.488 e. The van der Waals surface area contributed by atoms with Crippen molar-refractivity contribution in [2.45, 2.75) is 52.7 Å². The third-order valence-electron chi connectivity index (χ3n) is 5.62. The number of halogens is 1. The lowest BCUT2D eigenvalue weighted by atomic mass is 10.1. The lowest BCUT2D eigenvalue weighted by molar-refractivity contribution is 0.140. The van der Waals surface area contributed by atoms with Crippen LogP contribution in [0.15, 0.2) is 23.2 Å². The van der Waals surface area contributed by atoms with E-state index in [1.807, 2.05) is 0 Å². The van der Waals surface area contributed by atoms with Gasteiger partial charge in [-0.25, -0.2) is 4.99 Å². The minimum atomic E-state index is 0. The van der Waals surface area contributed by atoms with Gasteiger partial charge in [0.15, 0.2) is 5.96 Å². The molecule has 0 spiro atoms. The molecule has 0 radical (unpaired) electrons. The number of nitrogens with one attached hydrogen (secondary N) is 2. The SMILES string of the molecule is CCCN1CCC(CNC(=NCc2ccc(C)cc2OC2CCOC2)NCC)C1.I. The minimum Gasteiger partial charge on any atom is -0.488 e. The van der Waals surface area contributed by atoms with E-state index in [-0.39, 0.29) is 30.1 Å². The summed E-state index contributed by atoms with van der Waals surface area (Å²) in [5, 5.41) is 6.93. The predicted molar refractivity (Wildman–Crippen MR) is 134 cm³/mol. The molecule has 1 aromatic carbocycles. The minimum absolute atomic E-state index is 0. The molecule has 1 aromatic rings. The van der Waals surface area contributed by atoms with Crippen LogP contribution in [0.25, 0.3) is 0 Å². The van der Waals surface area contributed by atoms with Crippen LogP contribution in [0.1, 0.15) is 44.2 Å². The van der Waals surface area contributed by atoms with E-state index in [0.717, 1.165) is 43.4 Å². The van der Waals surface area contributed by atoms with Crippen molar-refractivity contribution in [1.82, 2.24) is 15.5 Å². The first-order valence-electron chi connectivity index (χ1n) is 11.3. The van der Waals surface area contributed by atoms with Crippen molar-refractivity contribution in [3.63, 3.8) is 0 Å². The molecular formula is C23H39IN4O2. The van der Waals surface area contributed by atoms with Crippen LogP contribution >= 0.6 is 24.0 Å². The number of rotatable bonds is 9. The Labute approximate surface area is 199 Å². The molecule has 0 aliphatic carbocycles. The fraction of sp³-hybridized carbons (Fsp3) is 0.696. The van der Waals surface area contributed by atoms with Gasteiger partial charge in [0.25, 0.3) is 0 Å². The van der Waals surface area contributed by atoms with Gasteiger partial charge in [-0.2, -0.15) is 0 Å². The molecule has 2 N–H and O–H groups in total. The maximum Gasteiger partial charge on any atom is 0.191 e. The molecule has 2 aliphatic rings. The molecule has 2 unspecified atom stereocenters. The normalized spacial score (nSPS) is 22.0. The highest BCUT2D eigenvalue weighted by Gasteiger charge is 2.22. The molecule has 0 aromatic heterocycles. The average Bonchev–Trinajstić information content (AvgIpc) is 3.38. The summed E-state index contributed by atoms with van der Waals surface area (Å²) in [6.07, 6.45) is 3.61. The van der Waals surface area contributed by atoms with E-state index in [2.05, 4.69) is 54.5 Å². The van der Waals surface area contributed by atoms with E-state index in [0.29, 0.717) is 19.1 Å². The molecule has 6 nitrogen and oxygen atoms in total. The van der Waals surface area contributed by atoms with Crippen LogP contribution in [-0.4, -0.2) is 62.9 Å². The van der Waals surface area contributed by atoms with E-state index in [1.165, 1.54) is 38.0 Å². The molecule has 2 fully saturated rings. The van der Waals surface area contributed by atoms with Crippen LogP contribution in [0.2, 0.25) is 0 Å². The second-order valence-electron chi connectivity index (χ2n) is 8.25. The second-order valence-corrected chi connectivity index (χ2v) is 8.25. The maximum atomic E-state index is 6.21. The third kappa shape index (κ3) is 7.89. The Morgan fingerprint density at radius 1 is 1.27 bits per heavy atom. The highest BCUT2D eigenvalue weighted by atomic mass is 127. The molecule has 2 atom stereocenters. The number of guanidine groups is 1. The molecular weight excluding hydrogens is 491 g/mol. The standard InChI is InChI=1S/C23H38N4O2.HI/c1-4-10-27-11-8-19(16-27)14-25-23(24-5-2)26-15-20-7-6-18(3)13-22(20)29-21-9-12-28-17-21;/h6-7,13,19,21H,4-5,8-12,14-17H2,1-3H3,(H2,24,25,26);1H. The van der Waals surface area contributed by atoms with Gasteiger partial charge < -0.3 is 25.0 Å². The molecule has 7 heteroatoms. The topological polar surface area (TPSA) is 58.1 Å². The number of benzene rings is 1. The molecule has 0 amide bonds. The van der Waals surface area contributed by atoms with Crippen molar-refractivity contribution in [1.29, 1.82) is 0 Å². The first kappa shape index (κ1) is 25.2. The van der Waals surface area contributed by atoms with Crippen molar-refractivity contribution in [2.24, 2.45) is 10.9 Å². The molecule has 30 heavy (non-hydrogen) atoms. The highest BCUT2D eigenvalue weighted by Crippen LogP contribution is 2.24. The lowest BCUT2D eigenvalue weighted by Gasteiger charge is -2.18. The molecule has 0 bridgehead atoms. The number of likely N-dealkylation sites (tertiary alicyclic amines) is 1. The molecule has 2 aliphatic heterocycles. The number of aliphatic imine (C=N–C) groups is 1. The van der Waals surface area contributed by atoms with E-state index in [9.17, 15) is 0 Å². The number of hydrogen-bond donors (Lipinski definition) is 2. The lowest BCUT2D eigenvalue weighted by Crippen LogP contribution is -2.40. The summed E-state index contributed by atoms with van der Waals surface area (Å²) in [7, 11) is 0. The first-order chi connectivity index (χ1) is 14.2. The summed E-state index contributed by atoms with van der Waals surface area (Å²) in [4.78, 5) is 7.40. The monoisotopic (exact) mass is 530 g/mol. The summed E-state index contributed by atoms with van der Waals surface area (Å²) < 4.78 is 11.7. The number of hydrogen-bond acceptors (Lipinski definition) is 4. The van der Waals surface area contributed by atoms with Crippen LogP contribution in [-0.2, 0) is 11.3 Å². The van der Waals surface area contributed by atoms with Crippen LogP contribution in [0.3, 0.4) is 0 Å². The highest BCUT2D eigenvalue weighted by molar-refractivity contribution is 14.0. The average molecular weight is 530 g/mol. The van der Waals surface area contributed by atoms with Gasteiger partial charge in [-0.1, -0.05) is 19.1 Å². The molecule has 2 heterocycles. The zero-order valence-corrected chi connectivity index (χ0v) is 21.1. The third-order valence-corrected chi connectivity index (χ3v) is 5.62. The van der Waals surface area contributed by atoms with Crippen LogP contribution < -0.4 is 15.4 Å². The van der Waals surface area contributed by atoms with E-state index < -0.39 is 0 Å². The summed E-state index contributed by atoms with van der Waals surface area (Å²) in [5.74, 6) is 2.52. The summed E-state index contributed by atoms with van der Waals surface area (Å²) in [5.41, 5.74) is 2.32. The van der Waals surface area contributed by atoms with Gasteiger partial charge in [0.05, 0.1) is 19.8 Å². The second kappa shape index (κ2) is 13.4. The number of ether oxygens (including phenoxy) is 2. The van der Waals surface area contributed by atoms with E-state index >= 15 is 0 Å². The molecule has 3 rings (SSSR count). The van der Waals surface area contributed by atoms with Gasteiger partial charge in [0, 0.05) is 31.6 Å². The first-order valence-corrected chi connectivity index (χ1v) is 11.3. The zero-order chi connectivity index (χ0) is 20.5. The van der Waals surface area contributed by atoms with Gasteiger partial charge in [-0.15, -0.1) is 24.0 Å². The Kier molecular flexibility index (Phi) is 11.2. The summed E-state index contributed by atoms with van der Waals surface area (Å²) >= 11 is 0. The van der Waals surface area contributed by atoms with Gasteiger partial charge in [-0.3, -0.25) is 0 Å². The Balaban J connectivity index is 0.00000320. The van der Waals surface area contributed by atoms with Gasteiger partial charge in [0.1, 0.15) is 11.9 Å². The van der Waals surface area contributed by atoms with Gasteiger partial charge >= 0.3 is 0 Å². The fourth-order valence-corrected chi connectivity index (χ4v) is 4.03. The van der Waals surface area contributed by atoms with Crippen LogP contribution in [0.5, 0.6) is 5.75 Å². The Hall–Kier alpha value is -1.06. The predicted octanol–water partition coefficient (Wildman–Crippen LogP) is 3.57. The van der Waals surface area contributed by atoms with Gasteiger partial charge in [-0.05, 0) is 57.3 Å². The van der Waals surface area contributed by atoms with Crippen LogP contribution in [0, 0.1) is 12.8 Å². The summed E-state index contributed by atoms with van der Waals surface area (Å²) in [6, 6.07) is 6.38. The molecule has 2 saturated heterocycles. The van der Waals surface area contributed by atoms with Crippen molar-refractivity contribution >= 4 is 29.9 Å². The van der Waals surface area contributed by atoms with E-state index in [4.69, 9.17) is 14.5 Å². The smallest absolute Gasteiger partial charge is 0.191 e. The Bertz CT molecular complexity index is 665. The fourth-order valence-electron chi connectivity index (χ4n) is 4.03. The number of nitrogens with zero attached hydrogens (tertiary/aromatic N) is 2. The summed E-state index contributed by atoms with van der Waals surface area (Å²) in [6.45, 7) is 14.0. The van der Waals surface area contributed by atoms with Crippen LogP contribution in [0.4, 0.5) is 0 Å².